The number of carbonyl (C=O) groups excluding carboxylic acids is 4. The van der Waals surface area contributed by atoms with Gasteiger partial charge < -0.3 is 14.2 Å². The van der Waals surface area contributed by atoms with Crippen LogP contribution in [-0.2, 0) is 20.9 Å². The minimum Gasteiger partial charge on any atom is -0.469 e. The van der Waals surface area contributed by atoms with Crippen molar-refractivity contribution in [2.45, 2.75) is 26.8 Å². The van der Waals surface area contributed by atoms with Crippen molar-refractivity contribution >= 4 is 23.7 Å². The van der Waals surface area contributed by atoms with Crippen LogP contribution in [0.3, 0.4) is 0 Å². The molecule has 1 saturated heterocycles. The van der Waals surface area contributed by atoms with Gasteiger partial charge in [-0.25, -0.2) is 4.79 Å². The van der Waals surface area contributed by atoms with Crippen LogP contribution >= 0.6 is 0 Å². The summed E-state index contributed by atoms with van der Waals surface area (Å²) in [5, 5.41) is 0. The summed E-state index contributed by atoms with van der Waals surface area (Å²) in [6, 6.07) is 1.25. The number of rotatable bonds is 6. The Morgan fingerprint density at radius 1 is 1.25 bits per heavy atom. The van der Waals surface area contributed by atoms with Gasteiger partial charge in [0.25, 0.3) is 5.91 Å². The zero-order valence-electron chi connectivity index (χ0n) is 14.3. The molecule has 0 aromatic carbocycles. The Morgan fingerprint density at radius 3 is 2.46 bits per heavy atom. The van der Waals surface area contributed by atoms with Gasteiger partial charge in [-0.1, -0.05) is 0 Å². The van der Waals surface area contributed by atoms with Gasteiger partial charge in [-0.2, -0.15) is 0 Å². The average Bonchev–Trinajstić information content (AvgIpc) is 2.95. The van der Waals surface area contributed by atoms with E-state index in [-0.39, 0.29) is 37.2 Å². The predicted octanol–water partition coefficient (Wildman–Crippen LogP) is 0.745. The summed E-state index contributed by atoms with van der Waals surface area (Å²) in [6.45, 7) is 3.73. The summed E-state index contributed by atoms with van der Waals surface area (Å²) in [5.74, 6) is -1.01. The van der Waals surface area contributed by atoms with E-state index in [2.05, 4.69) is 4.74 Å². The standard InChI is InChI=1S/C16H21N3O5/c1-10-7-12(11(2)18(10)6-5-15(22)24-4)13(20)8-19-14(21)9-17(3)16(19)23/h7H,5-6,8-9H2,1-4H3. The van der Waals surface area contributed by atoms with Gasteiger partial charge in [-0.15, -0.1) is 0 Å². The minimum atomic E-state index is -0.465. The number of ketones is 1. The molecule has 1 aliphatic rings. The van der Waals surface area contributed by atoms with E-state index in [0.29, 0.717) is 17.8 Å². The number of aryl methyl sites for hydroxylation is 1. The molecule has 0 spiro atoms. The van der Waals surface area contributed by atoms with Crippen LogP contribution in [0.15, 0.2) is 6.07 Å². The van der Waals surface area contributed by atoms with Gasteiger partial charge in [0.05, 0.1) is 20.1 Å². The molecule has 0 N–H and O–H groups in total. The molecular formula is C16H21N3O5. The number of aromatic nitrogens is 1. The zero-order valence-corrected chi connectivity index (χ0v) is 14.3. The first kappa shape index (κ1) is 17.7. The molecule has 2 heterocycles. The highest BCUT2D eigenvalue weighted by Crippen LogP contribution is 2.18. The molecule has 1 fully saturated rings. The number of nitrogens with zero attached hydrogens (tertiary/aromatic N) is 3. The summed E-state index contributed by atoms with van der Waals surface area (Å²) in [4.78, 5) is 49.7. The van der Waals surface area contributed by atoms with Gasteiger partial charge in [0.1, 0.15) is 6.54 Å². The fraction of sp³-hybridized carbons (Fsp3) is 0.500. The summed E-state index contributed by atoms with van der Waals surface area (Å²) >= 11 is 0. The molecule has 2 rings (SSSR count). The molecule has 8 nitrogen and oxygen atoms in total. The van der Waals surface area contributed by atoms with E-state index in [9.17, 15) is 19.2 Å². The minimum absolute atomic E-state index is 0.00966. The van der Waals surface area contributed by atoms with Crippen LogP contribution in [0.25, 0.3) is 0 Å². The summed E-state index contributed by atoms with van der Waals surface area (Å²) in [6.07, 6.45) is 0.203. The molecular weight excluding hydrogens is 314 g/mol. The molecule has 0 saturated carbocycles. The highest BCUT2D eigenvalue weighted by atomic mass is 16.5. The lowest BCUT2D eigenvalue weighted by Crippen LogP contribution is -2.36. The van der Waals surface area contributed by atoms with Gasteiger partial charge in [-0.05, 0) is 19.9 Å². The van der Waals surface area contributed by atoms with Gasteiger partial charge in [-0.3, -0.25) is 19.3 Å². The van der Waals surface area contributed by atoms with Gasteiger partial charge in [0.2, 0.25) is 0 Å². The smallest absolute Gasteiger partial charge is 0.327 e. The molecule has 130 valence electrons. The third kappa shape index (κ3) is 3.32. The SMILES string of the molecule is COC(=O)CCn1c(C)cc(C(=O)CN2C(=O)CN(C)C2=O)c1C. The van der Waals surface area contributed by atoms with Crippen molar-refractivity contribution in [1.82, 2.24) is 14.4 Å². The Labute approximate surface area is 140 Å². The van der Waals surface area contributed by atoms with Gasteiger partial charge in [0, 0.05) is 30.5 Å². The lowest BCUT2D eigenvalue weighted by atomic mass is 10.1. The van der Waals surface area contributed by atoms with Crippen molar-refractivity contribution in [1.29, 1.82) is 0 Å². The van der Waals surface area contributed by atoms with E-state index in [4.69, 9.17) is 0 Å². The Kier molecular flexibility index (Phi) is 5.06. The van der Waals surface area contributed by atoms with Crippen molar-refractivity contribution in [3.63, 3.8) is 0 Å². The molecule has 24 heavy (non-hydrogen) atoms. The number of amides is 3. The first-order chi connectivity index (χ1) is 11.3. The molecule has 0 bridgehead atoms. The number of likely N-dealkylation sites (N-methyl/N-ethyl adjacent to an activating group) is 1. The average molecular weight is 335 g/mol. The summed E-state index contributed by atoms with van der Waals surface area (Å²) < 4.78 is 6.47. The second kappa shape index (κ2) is 6.86. The Bertz CT molecular complexity index is 707. The quantitative estimate of drug-likeness (QED) is 0.435. The maximum absolute atomic E-state index is 12.5. The molecule has 0 unspecified atom stereocenters. The van der Waals surface area contributed by atoms with Crippen LogP contribution in [0.2, 0.25) is 0 Å². The van der Waals surface area contributed by atoms with E-state index < -0.39 is 6.03 Å². The molecule has 1 aromatic heterocycles. The molecule has 0 radical (unpaired) electrons. The molecule has 0 aliphatic carbocycles. The summed E-state index contributed by atoms with van der Waals surface area (Å²) in [7, 11) is 2.84. The van der Waals surface area contributed by atoms with Crippen molar-refractivity contribution < 1.29 is 23.9 Å². The second-order valence-corrected chi connectivity index (χ2v) is 5.80. The third-order valence-corrected chi connectivity index (χ3v) is 4.17. The number of imide groups is 1. The monoisotopic (exact) mass is 335 g/mol. The number of Topliss-reactive ketones (excluding diaryl/α,β-unsaturated/α-hetero) is 1. The molecule has 8 heteroatoms. The van der Waals surface area contributed by atoms with Crippen LogP contribution < -0.4 is 0 Å². The third-order valence-electron chi connectivity index (χ3n) is 4.17. The number of esters is 1. The first-order valence-corrected chi connectivity index (χ1v) is 7.58. The van der Waals surface area contributed by atoms with E-state index in [1.165, 1.54) is 19.1 Å². The van der Waals surface area contributed by atoms with Crippen molar-refractivity contribution in [3.8, 4) is 0 Å². The number of hydrogen-bond acceptors (Lipinski definition) is 5. The molecule has 0 atom stereocenters. The van der Waals surface area contributed by atoms with E-state index in [1.54, 1.807) is 13.0 Å². The molecule has 1 aromatic rings. The summed E-state index contributed by atoms with van der Waals surface area (Å²) in [5.41, 5.74) is 1.98. The topological polar surface area (TPSA) is 88.9 Å². The van der Waals surface area contributed by atoms with Crippen LogP contribution in [-0.4, -0.2) is 65.3 Å². The number of methoxy groups -OCH3 is 1. The lowest BCUT2D eigenvalue weighted by molar-refractivity contribution is -0.140. The highest BCUT2D eigenvalue weighted by Gasteiger charge is 2.35. The molecule has 1 aliphatic heterocycles. The van der Waals surface area contributed by atoms with Crippen LogP contribution in [0.4, 0.5) is 4.79 Å². The van der Waals surface area contributed by atoms with Crippen LogP contribution in [0, 0.1) is 13.8 Å². The Morgan fingerprint density at radius 2 is 1.92 bits per heavy atom. The fourth-order valence-corrected chi connectivity index (χ4v) is 2.79. The first-order valence-electron chi connectivity index (χ1n) is 7.58. The normalized spacial score (nSPS) is 14.5. The second-order valence-electron chi connectivity index (χ2n) is 5.80. The maximum Gasteiger partial charge on any atom is 0.327 e. The van der Waals surface area contributed by atoms with Crippen LogP contribution in [0.5, 0.6) is 0 Å². The van der Waals surface area contributed by atoms with Gasteiger partial charge >= 0.3 is 12.0 Å². The van der Waals surface area contributed by atoms with Crippen molar-refractivity contribution in [3.05, 3.63) is 23.0 Å². The fourth-order valence-electron chi connectivity index (χ4n) is 2.79. The van der Waals surface area contributed by atoms with E-state index in [0.717, 1.165) is 10.6 Å². The highest BCUT2D eigenvalue weighted by molar-refractivity contribution is 6.08. The van der Waals surface area contributed by atoms with E-state index >= 15 is 0 Å². The predicted molar refractivity (Wildman–Crippen MR) is 84.6 cm³/mol. The Balaban J connectivity index is 2.14. The number of hydrogen-bond donors (Lipinski definition) is 0. The number of ether oxygens (including phenoxy) is 1. The van der Waals surface area contributed by atoms with Crippen molar-refractivity contribution in [2.75, 3.05) is 27.2 Å². The number of urea groups is 1. The van der Waals surface area contributed by atoms with Gasteiger partial charge in [0.15, 0.2) is 5.78 Å². The largest absolute Gasteiger partial charge is 0.469 e. The van der Waals surface area contributed by atoms with Crippen molar-refractivity contribution in [2.24, 2.45) is 0 Å². The lowest BCUT2D eigenvalue weighted by Gasteiger charge is -2.13. The zero-order chi connectivity index (χ0) is 18.0. The van der Waals surface area contributed by atoms with Crippen LogP contribution in [0.1, 0.15) is 28.2 Å². The number of carbonyl (C=O) groups is 4. The Hall–Kier alpha value is -2.64. The molecule has 3 amide bonds. The maximum atomic E-state index is 12.5. The van der Waals surface area contributed by atoms with E-state index in [1.807, 2.05) is 11.5 Å².